The van der Waals surface area contributed by atoms with Crippen molar-refractivity contribution in [1.29, 1.82) is 0 Å². The normalized spacial score (nSPS) is 11.0. The highest BCUT2D eigenvalue weighted by molar-refractivity contribution is 5.77. The van der Waals surface area contributed by atoms with Crippen LogP contribution in [0.2, 0.25) is 0 Å². The van der Waals surface area contributed by atoms with Gasteiger partial charge in [0.2, 0.25) is 5.91 Å². The molecule has 23 heavy (non-hydrogen) atoms. The summed E-state index contributed by atoms with van der Waals surface area (Å²) >= 11 is 0. The van der Waals surface area contributed by atoms with E-state index in [0.29, 0.717) is 30.8 Å². The summed E-state index contributed by atoms with van der Waals surface area (Å²) in [6, 6.07) is 5.51. The molecule has 1 aromatic rings. The lowest BCUT2D eigenvalue weighted by molar-refractivity contribution is -0.137. The van der Waals surface area contributed by atoms with Crippen LogP contribution in [0.25, 0.3) is 0 Å². The maximum Gasteiger partial charge on any atom is 0.303 e. The molecule has 0 aliphatic carbocycles. The number of ether oxygens (including phenoxy) is 2. The molecule has 0 radical (unpaired) electrons. The smallest absolute Gasteiger partial charge is 0.303 e. The molecule has 0 heterocycles. The first-order chi connectivity index (χ1) is 10.8. The summed E-state index contributed by atoms with van der Waals surface area (Å²) in [6.45, 7) is 3.64. The minimum absolute atomic E-state index is 0.0281. The third-order valence-electron chi connectivity index (χ3n) is 3.49. The molecule has 0 aromatic heterocycles. The zero-order valence-corrected chi connectivity index (χ0v) is 14.1. The second-order valence-corrected chi connectivity index (χ2v) is 6.05. The third-order valence-corrected chi connectivity index (χ3v) is 3.49. The first-order valence-electron chi connectivity index (χ1n) is 7.50. The summed E-state index contributed by atoms with van der Waals surface area (Å²) in [6.07, 6.45) is 1.28. The van der Waals surface area contributed by atoms with Crippen molar-refractivity contribution in [3.8, 4) is 11.5 Å². The van der Waals surface area contributed by atoms with E-state index in [4.69, 9.17) is 14.6 Å². The first-order valence-corrected chi connectivity index (χ1v) is 7.50. The van der Waals surface area contributed by atoms with E-state index < -0.39 is 11.5 Å². The van der Waals surface area contributed by atoms with Crippen molar-refractivity contribution in [2.75, 3.05) is 14.2 Å². The molecule has 0 saturated heterocycles. The van der Waals surface area contributed by atoms with Gasteiger partial charge in [0.15, 0.2) is 0 Å². The van der Waals surface area contributed by atoms with Crippen LogP contribution < -0.4 is 14.8 Å². The standard InChI is InChI=1S/C17H25NO5/c1-17(2,8-7-16(20)21)18-15(19)6-5-12-9-13(22-3)11-14(10-12)23-4/h9-11H,5-8H2,1-4H3,(H,18,19)(H,20,21). The molecule has 0 fully saturated rings. The zero-order chi connectivity index (χ0) is 17.5. The summed E-state index contributed by atoms with van der Waals surface area (Å²) in [5.74, 6) is 0.390. The average Bonchev–Trinajstić information content (AvgIpc) is 2.50. The molecule has 6 nitrogen and oxygen atoms in total. The molecule has 0 aliphatic heterocycles. The van der Waals surface area contributed by atoms with Crippen LogP contribution in [0.3, 0.4) is 0 Å². The van der Waals surface area contributed by atoms with Gasteiger partial charge in [0.1, 0.15) is 11.5 Å². The van der Waals surface area contributed by atoms with Crippen LogP contribution in [0.15, 0.2) is 18.2 Å². The van der Waals surface area contributed by atoms with Crippen molar-refractivity contribution in [2.45, 2.75) is 45.1 Å². The number of nitrogens with one attached hydrogen (secondary N) is 1. The molecular weight excluding hydrogens is 298 g/mol. The maximum atomic E-state index is 12.1. The van der Waals surface area contributed by atoms with Crippen molar-refractivity contribution in [3.63, 3.8) is 0 Å². The number of rotatable bonds is 9. The quantitative estimate of drug-likeness (QED) is 0.729. The van der Waals surface area contributed by atoms with Crippen LogP contribution in [-0.4, -0.2) is 36.7 Å². The minimum atomic E-state index is -0.865. The SMILES string of the molecule is COc1cc(CCC(=O)NC(C)(C)CCC(=O)O)cc(OC)c1. The molecule has 2 N–H and O–H groups in total. The van der Waals surface area contributed by atoms with E-state index in [1.165, 1.54) is 0 Å². The van der Waals surface area contributed by atoms with Crippen molar-refractivity contribution in [3.05, 3.63) is 23.8 Å². The number of carbonyl (C=O) groups is 2. The van der Waals surface area contributed by atoms with Crippen molar-refractivity contribution in [2.24, 2.45) is 0 Å². The average molecular weight is 323 g/mol. The molecule has 0 spiro atoms. The van der Waals surface area contributed by atoms with Gasteiger partial charge in [-0.2, -0.15) is 0 Å². The van der Waals surface area contributed by atoms with Crippen molar-refractivity contribution in [1.82, 2.24) is 5.32 Å². The molecule has 0 atom stereocenters. The van der Waals surface area contributed by atoms with E-state index in [1.54, 1.807) is 20.3 Å². The minimum Gasteiger partial charge on any atom is -0.497 e. The number of aryl methyl sites for hydroxylation is 1. The number of hydrogen-bond acceptors (Lipinski definition) is 4. The number of amides is 1. The van der Waals surface area contributed by atoms with Crippen molar-refractivity contribution >= 4 is 11.9 Å². The highest BCUT2D eigenvalue weighted by Crippen LogP contribution is 2.23. The Kier molecular flexibility index (Phi) is 6.88. The first kappa shape index (κ1) is 18.8. The van der Waals surface area contributed by atoms with E-state index >= 15 is 0 Å². The van der Waals surface area contributed by atoms with Crippen LogP contribution in [0.5, 0.6) is 11.5 Å². The number of carbonyl (C=O) groups excluding carboxylic acids is 1. The van der Waals surface area contributed by atoms with Gasteiger partial charge in [-0.3, -0.25) is 9.59 Å². The summed E-state index contributed by atoms with van der Waals surface area (Å²) < 4.78 is 10.4. The van der Waals surface area contributed by atoms with Crippen LogP contribution in [0.1, 0.15) is 38.7 Å². The molecule has 0 aliphatic rings. The van der Waals surface area contributed by atoms with Crippen molar-refractivity contribution < 1.29 is 24.2 Å². The molecule has 0 saturated carbocycles. The molecule has 128 valence electrons. The Morgan fingerprint density at radius 3 is 2.13 bits per heavy atom. The van der Waals surface area contributed by atoms with E-state index in [0.717, 1.165) is 5.56 Å². The van der Waals surface area contributed by atoms with E-state index in [2.05, 4.69) is 5.32 Å². The number of methoxy groups -OCH3 is 2. The Morgan fingerprint density at radius 1 is 1.09 bits per heavy atom. The number of carboxylic acids is 1. The molecule has 1 aromatic carbocycles. The summed E-state index contributed by atoms with van der Waals surface area (Å²) in [7, 11) is 3.16. The largest absolute Gasteiger partial charge is 0.497 e. The lowest BCUT2D eigenvalue weighted by Gasteiger charge is -2.25. The topological polar surface area (TPSA) is 84.9 Å². The molecule has 6 heteroatoms. The van der Waals surface area contributed by atoms with E-state index in [-0.39, 0.29) is 12.3 Å². The Hall–Kier alpha value is -2.24. The fraction of sp³-hybridized carbons (Fsp3) is 0.529. The van der Waals surface area contributed by atoms with Crippen LogP contribution in [-0.2, 0) is 16.0 Å². The highest BCUT2D eigenvalue weighted by atomic mass is 16.5. The lowest BCUT2D eigenvalue weighted by atomic mass is 9.98. The number of benzene rings is 1. The van der Waals surface area contributed by atoms with E-state index in [1.807, 2.05) is 26.0 Å². The Labute approximate surface area is 136 Å². The Balaban J connectivity index is 2.57. The predicted molar refractivity (Wildman–Crippen MR) is 87.0 cm³/mol. The third kappa shape index (κ3) is 7.04. The number of aliphatic carboxylic acids is 1. The van der Waals surface area contributed by atoms with Gasteiger partial charge in [-0.1, -0.05) is 0 Å². The monoisotopic (exact) mass is 323 g/mol. The highest BCUT2D eigenvalue weighted by Gasteiger charge is 2.21. The van der Waals surface area contributed by atoms with E-state index in [9.17, 15) is 9.59 Å². The molecule has 1 amide bonds. The van der Waals surface area contributed by atoms with Crippen LogP contribution in [0, 0.1) is 0 Å². The van der Waals surface area contributed by atoms with Gasteiger partial charge in [-0.05, 0) is 44.4 Å². The predicted octanol–water partition coefficient (Wildman–Crippen LogP) is 2.40. The fourth-order valence-corrected chi connectivity index (χ4v) is 2.19. The molecule has 1 rings (SSSR count). The van der Waals surface area contributed by atoms with Gasteiger partial charge < -0.3 is 19.9 Å². The fourth-order valence-electron chi connectivity index (χ4n) is 2.19. The maximum absolute atomic E-state index is 12.1. The van der Waals surface area contributed by atoms with Gasteiger partial charge in [-0.25, -0.2) is 0 Å². The molecule has 0 unspecified atom stereocenters. The summed E-state index contributed by atoms with van der Waals surface area (Å²) in [5.41, 5.74) is 0.404. The second kappa shape index (κ2) is 8.41. The van der Waals surface area contributed by atoms with Crippen LogP contribution in [0.4, 0.5) is 0 Å². The van der Waals surface area contributed by atoms with Gasteiger partial charge >= 0.3 is 5.97 Å². The lowest BCUT2D eigenvalue weighted by Crippen LogP contribution is -2.43. The Morgan fingerprint density at radius 2 is 1.65 bits per heavy atom. The second-order valence-electron chi connectivity index (χ2n) is 6.05. The van der Waals surface area contributed by atoms with Crippen LogP contribution >= 0.6 is 0 Å². The van der Waals surface area contributed by atoms with Gasteiger partial charge in [0.05, 0.1) is 14.2 Å². The summed E-state index contributed by atoms with van der Waals surface area (Å²) in [4.78, 5) is 22.7. The molecular formula is C17H25NO5. The van der Waals surface area contributed by atoms with Gasteiger partial charge in [0, 0.05) is 24.4 Å². The number of hydrogen-bond donors (Lipinski definition) is 2. The zero-order valence-electron chi connectivity index (χ0n) is 14.1. The molecule has 0 bridgehead atoms. The summed E-state index contributed by atoms with van der Waals surface area (Å²) in [5, 5.41) is 11.6. The van der Waals surface area contributed by atoms with Gasteiger partial charge in [0.25, 0.3) is 0 Å². The Bertz CT molecular complexity index is 532. The number of carboxylic acid groups (broad SMARTS) is 1. The van der Waals surface area contributed by atoms with Gasteiger partial charge in [-0.15, -0.1) is 0 Å².